The quantitative estimate of drug-likeness (QED) is 0.736. The second kappa shape index (κ2) is 6.23. The number of hydrogen-bond donors (Lipinski definition) is 2. The Morgan fingerprint density at radius 1 is 1.47 bits per heavy atom. The van der Waals surface area contributed by atoms with Gasteiger partial charge in [0.05, 0.1) is 6.04 Å². The highest BCUT2D eigenvalue weighted by molar-refractivity contribution is 5.79. The minimum atomic E-state index is 0.00802. The highest BCUT2D eigenvalue weighted by Gasteiger charge is 2.36. The lowest BCUT2D eigenvalue weighted by molar-refractivity contribution is -0.133. The molecule has 0 radical (unpaired) electrons. The Balaban J connectivity index is 1.76. The number of carbonyl (C=O) groups is 2. The van der Waals surface area contributed by atoms with Gasteiger partial charge in [0.15, 0.2) is 0 Å². The van der Waals surface area contributed by atoms with E-state index in [1.165, 1.54) is 0 Å². The third-order valence-electron chi connectivity index (χ3n) is 4.10. The van der Waals surface area contributed by atoms with Crippen LogP contribution in [0.2, 0.25) is 0 Å². The van der Waals surface area contributed by atoms with E-state index in [1.54, 1.807) is 0 Å². The average Bonchev–Trinajstić information content (AvgIpc) is 2.77. The summed E-state index contributed by atoms with van der Waals surface area (Å²) < 4.78 is 0. The van der Waals surface area contributed by atoms with E-state index in [2.05, 4.69) is 12.2 Å². The Morgan fingerprint density at radius 2 is 2.26 bits per heavy atom. The molecule has 0 aromatic heterocycles. The van der Waals surface area contributed by atoms with Crippen molar-refractivity contribution in [2.45, 2.75) is 32.2 Å². The van der Waals surface area contributed by atoms with Gasteiger partial charge in [-0.2, -0.15) is 0 Å². The normalized spacial score (nSPS) is 24.1. The molecule has 2 rings (SSSR count). The molecule has 2 aliphatic rings. The van der Waals surface area contributed by atoms with Crippen LogP contribution < -0.4 is 11.1 Å². The summed E-state index contributed by atoms with van der Waals surface area (Å²) in [5, 5.41) is 2.82. The fourth-order valence-corrected chi connectivity index (χ4v) is 2.79. The minimum absolute atomic E-state index is 0.00802. The van der Waals surface area contributed by atoms with Crippen LogP contribution in [0.3, 0.4) is 0 Å². The molecular weight excluding hydrogens is 244 g/mol. The van der Waals surface area contributed by atoms with Crippen molar-refractivity contribution >= 4 is 11.9 Å². The van der Waals surface area contributed by atoms with Gasteiger partial charge in [-0.3, -0.25) is 4.79 Å². The van der Waals surface area contributed by atoms with E-state index in [1.807, 2.05) is 9.80 Å². The van der Waals surface area contributed by atoms with Gasteiger partial charge in [0.1, 0.15) is 0 Å². The summed E-state index contributed by atoms with van der Waals surface area (Å²) in [6, 6.07) is 0.167. The Hall–Kier alpha value is -1.30. The molecule has 0 bridgehead atoms. The van der Waals surface area contributed by atoms with Crippen molar-refractivity contribution in [2.24, 2.45) is 11.7 Å². The molecule has 108 valence electrons. The van der Waals surface area contributed by atoms with Gasteiger partial charge >= 0.3 is 6.03 Å². The number of nitrogens with two attached hydrogens (primary N) is 1. The van der Waals surface area contributed by atoms with Gasteiger partial charge in [-0.15, -0.1) is 0 Å². The molecule has 0 spiro atoms. The van der Waals surface area contributed by atoms with Gasteiger partial charge in [-0.25, -0.2) is 4.79 Å². The fourth-order valence-electron chi connectivity index (χ4n) is 2.79. The van der Waals surface area contributed by atoms with Crippen LogP contribution in [0.4, 0.5) is 4.79 Å². The van der Waals surface area contributed by atoms with Crippen LogP contribution in [0.25, 0.3) is 0 Å². The molecule has 2 atom stereocenters. The molecule has 6 heteroatoms. The number of hydrogen-bond acceptors (Lipinski definition) is 3. The number of fused-ring (bicyclic) bond motifs is 1. The van der Waals surface area contributed by atoms with Gasteiger partial charge in [-0.05, 0) is 25.3 Å². The summed E-state index contributed by atoms with van der Waals surface area (Å²) >= 11 is 0. The zero-order chi connectivity index (χ0) is 13.8. The van der Waals surface area contributed by atoms with Crippen LogP contribution in [0.1, 0.15) is 26.2 Å². The predicted molar refractivity (Wildman–Crippen MR) is 72.5 cm³/mol. The summed E-state index contributed by atoms with van der Waals surface area (Å²) in [4.78, 5) is 27.4. The van der Waals surface area contributed by atoms with Crippen molar-refractivity contribution in [3.8, 4) is 0 Å². The molecule has 0 aliphatic carbocycles. The summed E-state index contributed by atoms with van der Waals surface area (Å²) in [6.07, 6.45) is 2.47. The Kier molecular flexibility index (Phi) is 4.63. The van der Waals surface area contributed by atoms with Crippen molar-refractivity contribution in [1.82, 2.24) is 15.1 Å². The summed E-state index contributed by atoms with van der Waals surface area (Å²) in [5.74, 6) is 0.716. The molecule has 0 aromatic carbocycles. The highest BCUT2D eigenvalue weighted by Crippen LogP contribution is 2.17. The number of urea groups is 1. The smallest absolute Gasteiger partial charge is 0.317 e. The summed E-state index contributed by atoms with van der Waals surface area (Å²) in [5.41, 5.74) is 5.51. The number of rotatable bonds is 5. The van der Waals surface area contributed by atoms with Gasteiger partial charge in [-0.1, -0.05) is 6.92 Å². The van der Waals surface area contributed by atoms with E-state index in [0.29, 0.717) is 45.1 Å². The van der Waals surface area contributed by atoms with Crippen LogP contribution >= 0.6 is 0 Å². The number of carbonyl (C=O) groups excluding carboxylic acids is 2. The first-order chi connectivity index (χ1) is 9.11. The standard InChI is InChI=1S/C13H24N4O2/c1-10(4-5-14)2-3-12(18)16-6-7-17-11(9-16)8-15-13(17)19/h10-11H,2-9,14H2,1H3,(H,15,19). The second-order valence-electron chi connectivity index (χ2n) is 5.59. The van der Waals surface area contributed by atoms with Crippen LogP contribution in [0, 0.1) is 5.92 Å². The van der Waals surface area contributed by atoms with Gasteiger partial charge in [0.25, 0.3) is 0 Å². The van der Waals surface area contributed by atoms with Gasteiger partial charge in [0.2, 0.25) is 5.91 Å². The maximum Gasteiger partial charge on any atom is 0.317 e. The predicted octanol–water partition coefficient (Wildman–Crippen LogP) is -0.0125. The number of piperazine rings is 1. The molecule has 0 aromatic rings. The van der Waals surface area contributed by atoms with Crippen LogP contribution in [0.5, 0.6) is 0 Å². The summed E-state index contributed by atoms with van der Waals surface area (Å²) in [7, 11) is 0. The largest absolute Gasteiger partial charge is 0.339 e. The van der Waals surface area contributed by atoms with Crippen LogP contribution in [-0.4, -0.2) is 60.5 Å². The maximum absolute atomic E-state index is 12.1. The lowest BCUT2D eigenvalue weighted by Gasteiger charge is -2.36. The molecule has 2 unspecified atom stereocenters. The number of amides is 3. The van der Waals surface area contributed by atoms with Crippen molar-refractivity contribution in [3.63, 3.8) is 0 Å². The molecule has 19 heavy (non-hydrogen) atoms. The molecule has 0 saturated carbocycles. The van der Waals surface area contributed by atoms with Gasteiger partial charge < -0.3 is 20.9 Å². The fraction of sp³-hybridized carbons (Fsp3) is 0.846. The van der Waals surface area contributed by atoms with E-state index in [-0.39, 0.29) is 18.0 Å². The monoisotopic (exact) mass is 268 g/mol. The zero-order valence-electron chi connectivity index (χ0n) is 11.6. The topological polar surface area (TPSA) is 78.7 Å². The van der Waals surface area contributed by atoms with Crippen LogP contribution in [0.15, 0.2) is 0 Å². The molecule has 2 heterocycles. The van der Waals surface area contributed by atoms with Gasteiger partial charge in [0, 0.05) is 32.6 Å². The third kappa shape index (κ3) is 3.37. The van der Waals surface area contributed by atoms with E-state index < -0.39 is 0 Å². The first-order valence-corrected chi connectivity index (χ1v) is 7.14. The first kappa shape index (κ1) is 14.1. The van der Waals surface area contributed by atoms with E-state index >= 15 is 0 Å². The van der Waals surface area contributed by atoms with Crippen molar-refractivity contribution in [2.75, 3.05) is 32.7 Å². The van der Waals surface area contributed by atoms with Crippen molar-refractivity contribution in [3.05, 3.63) is 0 Å². The Labute approximate surface area is 114 Å². The van der Waals surface area contributed by atoms with Crippen LogP contribution in [-0.2, 0) is 4.79 Å². The summed E-state index contributed by atoms with van der Waals surface area (Å²) in [6.45, 7) is 5.46. The Bertz CT molecular complexity index is 348. The third-order valence-corrected chi connectivity index (χ3v) is 4.10. The molecule has 2 saturated heterocycles. The molecule has 2 fully saturated rings. The lowest BCUT2D eigenvalue weighted by Crippen LogP contribution is -2.53. The maximum atomic E-state index is 12.1. The minimum Gasteiger partial charge on any atom is -0.339 e. The number of nitrogens with one attached hydrogen (secondary N) is 1. The van der Waals surface area contributed by atoms with E-state index in [9.17, 15) is 9.59 Å². The zero-order valence-corrected chi connectivity index (χ0v) is 11.6. The first-order valence-electron chi connectivity index (χ1n) is 7.14. The molecule has 3 N–H and O–H groups in total. The number of nitrogens with zero attached hydrogens (tertiary/aromatic N) is 2. The van der Waals surface area contributed by atoms with Crippen molar-refractivity contribution < 1.29 is 9.59 Å². The van der Waals surface area contributed by atoms with E-state index in [4.69, 9.17) is 5.73 Å². The molecule has 6 nitrogen and oxygen atoms in total. The Morgan fingerprint density at radius 3 is 3.00 bits per heavy atom. The molecule has 2 aliphatic heterocycles. The lowest BCUT2D eigenvalue weighted by atomic mass is 10.0. The van der Waals surface area contributed by atoms with Crippen molar-refractivity contribution in [1.29, 1.82) is 0 Å². The molecule has 3 amide bonds. The average molecular weight is 268 g/mol. The second-order valence-corrected chi connectivity index (χ2v) is 5.59. The highest BCUT2D eigenvalue weighted by atomic mass is 16.2. The van der Waals surface area contributed by atoms with E-state index in [0.717, 1.165) is 12.8 Å². The molecular formula is C13H24N4O2. The SMILES string of the molecule is CC(CCN)CCC(=O)N1CCN2C(=O)NCC2C1.